The Hall–Kier alpha value is -4.00. The monoisotopic (exact) mass is 389 g/mol. The van der Waals surface area contributed by atoms with Gasteiger partial charge in [-0.2, -0.15) is 5.10 Å². The van der Waals surface area contributed by atoms with Crippen LogP contribution in [0.15, 0.2) is 84.0 Å². The fourth-order valence-electron chi connectivity index (χ4n) is 2.62. The van der Waals surface area contributed by atoms with Gasteiger partial charge in [0.2, 0.25) is 0 Å². The van der Waals surface area contributed by atoms with Crippen molar-refractivity contribution in [3.63, 3.8) is 0 Å². The molecule has 0 atom stereocenters. The second-order valence-electron chi connectivity index (χ2n) is 6.30. The third-order valence-corrected chi connectivity index (χ3v) is 4.09. The highest BCUT2D eigenvalue weighted by atomic mass is 16.6. The number of hydrogen-bond acceptors (Lipinski definition) is 6. The Bertz CT molecular complexity index is 1030. The van der Waals surface area contributed by atoms with Crippen LogP contribution >= 0.6 is 0 Å². The summed E-state index contributed by atoms with van der Waals surface area (Å²) >= 11 is 0. The molecule has 0 saturated carbocycles. The molecule has 0 fully saturated rings. The molecule has 0 aliphatic carbocycles. The summed E-state index contributed by atoms with van der Waals surface area (Å²) in [6, 6.07) is 22.1. The van der Waals surface area contributed by atoms with E-state index in [0.29, 0.717) is 23.4 Å². The van der Waals surface area contributed by atoms with Crippen LogP contribution in [-0.2, 0) is 6.42 Å². The normalized spacial score (nSPS) is 11.0. The molecule has 7 nitrogen and oxygen atoms in total. The highest BCUT2D eigenvalue weighted by Crippen LogP contribution is 2.21. The number of ether oxygens (including phenoxy) is 1. The van der Waals surface area contributed by atoms with Crippen molar-refractivity contribution in [1.29, 1.82) is 0 Å². The fourth-order valence-corrected chi connectivity index (χ4v) is 2.62. The Balaban J connectivity index is 1.67. The number of nitrogens with zero attached hydrogens (tertiary/aromatic N) is 2. The quantitative estimate of drug-likeness (QED) is 0.205. The number of benzene rings is 3. The summed E-state index contributed by atoms with van der Waals surface area (Å²) in [5, 5.41) is 15.0. The van der Waals surface area contributed by atoms with Crippen LogP contribution in [-0.4, -0.2) is 16.6 Å². The molecule has 29 heavy (non-hydrogen) atoms. The molecule has 0 radical (unpaired) electrons. The number of anilines is 1. The lowest BCUT2D eigenvalue weighted by Crippen LogP contribution is -2.11. The molecule has 0 heterocycles. The van der Waals surface area contributed by atoms with Crippen molar-refractivity contribution in [1.82, 2.24) is 0 Å². The van der Waals surface area contributed by atoms with Crippen LogP contribution in [0.25, 0.3) is 0 Å². The van der Waals surface area contributed by atoms with E-state index >= 15 is 0 Å². The van der Waals surface area contributed by atoms with Gasteiger partial charge in [0, 0.05) is 29.8 Å². The van der Waals surface area contributed by atoms with Crippen molar-refractivity contribution in [3.8, 4) is 5.75 Å². The van der Waals surface area contributed by atoms with Crippen LogP contribution in [0.3, 0.4) is 0 Å². The van der Waals surface area contributed by atoms with Gasteiger partial charge in [-0.1, -0.05) is 36.4 Å². The minimum Gasteiger partial charge on any atom is -0.423 e. The molecule has 3 aromatic rings. The molecule has 7 heteroatoms. The maximum atomic E-state index is 12.3. The van der Waals surface area contributed by atoms with Crippen LogP contribution in [0.1, 0.15) is 22.8 Å². The average Bonchev–Trinajstić information content (AvgIpc) is 2.74. The van der Waals surface area contributed by atoms with Crippen LogP contribution in [0.2, 0.25) is 0 Å². The summed E-state index contributed by atoms with van der Waals surface area (Å²) < 4.78 is 5.55. The molecule has 3 aromatic carbocycles. The number of nitro benzene ring substituents is 1. The summed E-state index contributed by atoms with van der Waals surface area (Å²) in [6.45, 7) is 1.84. The molecule has 0 saturated heterocycles. The molecule has 0 aromatic heterocycles. The first-order valence-electron chi connectivity index (χ1n) is 8.91. The SMILES string of the molecule is C/C(Cc1ccccc1OC(=O)c1ccccc1)=N/Nc1ccc([N+](=O)[O-])cc1. The Kier molecular flexibility index (Phi) is 6.32. The van der Waals surface area contributed by atoms with Crippen molar-refractivity contribution in [2.75, 3.05) is 5.43 Å². The zero-order chi connectivity index (χ0) is 20.6. The van der Waals surface area contributed by atoms with E-state index in [1.807, 2.05) is 25.1 Å². The molecule has 146 valence electrons. The number of nitrogens with one attached hydrogen (secondary N) is 1. The predicted octanol–water partition coefficient (Wildman–Crippen LogP) is 4.84. The molecule has 0 aliphatic rings. The van der Waals surface area contributed by atoms with E-state index in [1.165, 1.54) is 12.1 Å². The number of rotatable bonds is 7. The molecule has 0 bridgehead atoms. The van der Waals surface area contributed by atoms with E-state index in [2.05, 4.69) is 10.5 Å². The van der Waals surface area contributed by atoms with Gasteiger partial charge in [-0.05, 0) is 37.3 Å². The topological polar surface area (TPSA) is 93.8 Å². The maximum Gasteiger partial charge on any atom is 0.343 e. The number of hydrazone groups is 1. The summed E-state index contributed by atoms with van der Waals surface area (Å²) in [7, 11) is 0. The van der Waals surface area contributed by atoms with Crippen LogP contribution in [0.4, 0.5) is 11.4 Å². The molecule has 3 rings (SSSR count). The van der Waals surface area contributed by atoms with Gasteiger partial charge in [0.05, 0.1) is 16.2 Å². The number of esters is 1. The van der Waals surface area contributed by atoms with E-state index in [-0.39, 0.29) is 5.69 Å². The van der Waals surface area contributed by atoms with E-state index in [4.69, 9.17) is 4.74 Å². The first-order chi connectivity index (χ1) is 14.0. The second-order valence-corrected chi connectivity index (χ2v) is 6.30. The van der Waals surface area contributed by atoms with E-state index in [0.717, 1.165) is 11.3 Å². The molecule has 0 spiro atoms. The highest BCUT2D eigenvalue weighted by molar-refractivity contribution is 5.91. The number of carbonyl (C=O) groups is 1. The van der Waals surface area contributed by atoms with Gasteiger partial charge in [0.25, 0.3) is 5.69 Å². The van der Waals surface area contributed by atoms with Crippen LogP contribution < -0.4 is 10.2 Å². The van der Waals surface area contributed by atoms with Crippen molar-refractivity contribution in [3.05, 3.63) is 100 Å². The first-order valence-corrected chi connectivity index (χ1v) is 8.91. The third kappa shape index (κ3) is 5.49. The van der Waals surface area contributed by atoms with Gasteiger partial charge in [0.15, 0.2) is 0 Å². The molecule has 0 unspecified atom stereocenters. The number of para-hydroxylation sites is 1. The summed E-state index contributed by atoms with van der Waals surface area (Å²) in [6.07, 6.45) is 0.470. The average molecular weight is 389 g/mol. The largest absolute Gasteiger partial charge is 0.423 e. The molecular formula is C22H19N3O4. The Morgan fingerprint density at radius 2 is 1.66 bits per heavy atom. The Morgan fingerprint density at radius 3 is 2.34 bits per heavy atom. The van der Waals surface area contributed by atoms with Gasteiger partial charge in [-0.3, -0.25) is 15.5 Å². The molecule has 1 N–H and O–H groups in total. The third-order valence-electron chi connectivity index (χ3n) is 4.09. The summed E-state index contributed by atoms with van der Waals surface area (Å²) in [4.78, 5) is 22.6. The van der Waals surface area contributed by atoms with Gasteiger partial charge in [-0.15, -0.1) is 0 Å². The highest BCUT2D eigenvalue weighted by Gasteiger charge is 2.12. The van der Waals surface area contributed by atoms with Crippen LogP contribution in [0, 0.1) is 10.1 Å². The van der Waals surface area contributed by atoms with Gasteiger partial charge >= 0.3 is 5.97 Å². The second kappa shape index (κ2) is 9.27. The van der Waals surface area contributed by atoms with Crippen molar-refractivity contribution < 1.29 is 14.5 Å². The van der Waals surface area contributed by atoms with Crippen LogP contribution in [0.5, 0.6) is 5.75 Å². The number of non-ortho nitro benzene ring substituents is 1. The molecule has 0 aliphatic heterocycles. The van der Waals surface area contributed by atoms with Crippen molar-refractivity contribution >= 4 is 23.1 Å². The minimum atomic E-state index is -0.452. The summed E-state index contributed by atoms with van der Waals surface area (Å²) in [5.74, 6) is 0.0582. The van der Waals surface area contributed by atoms with E-state index < -0.39 is 10.9 Å². The number of carbonyl (C=O) groups excluding carboxylic acids is 1. The first kappa shape index (κ1) is 19.8. The van der Waals surface area contributed by atoms with Gasteiger partial charge < -0.3 is 4.74 Å². The zero-order valence-corrected chi connectivity index (χ0v) is 15.7. The lowest BCUT2D eigenvalue weighted by atomic mass is 10.1. The molecular weight excluding hydrogens is 370 g/mol. The fraction of sp³-hybridized carbons (Fsp3) is 0.0909. The van der Waals surface area contributed by atoms with Gasteiger partial charge in [-0.25, -0.2) is 4.79 Å². The number of nitro groups is 1. The minimum absolute atomic E-state index is 0.0189. The maximum absolute atomic E-state index is 12.3. The zero-order valence-electron chi connectivity index (χ0n) is 15.7. The Labute approximate surface area is 167 Å². The Morgan fingerprint density at radius 1 is 1.00 bits per heavy atom. The lowest BCUT2D eigenvalue weighted by molar-refractivity contribution is -0.384. The van der Waals surface area contributed by atoms with E-state index in [1.54, 1.807) is 48.5 Å². The van der Waals surface area contributed by atoms with Gasteiger partial charge in [0.1, 0.15) is 5.75 Å². The summed E-state index contributed by atoms with van der Waals surface area (Å²) in [5.41, 5.74) is 5.59. The molecule has 0 amide bonds. The van der Waals surface area contributed by atoms with E-state index in [9.17, 15) is 14.9 Å². The standard InChI is InChI=1S/C22H19N3O4/c1-16(23-24-19-11-13-20(14-12-19)25(27)28)15-18-9-5-6-10-21(18)29-22(26)17-7-3-2-4-8-17/h2-14,24H,15H2,1H3/b23-16-. The number of hydrogen-bond donors (Lipinski definition) is 1. The predicted molar refractivity (Wildman–Crippen MR) is 111 cm³/mol. The lowest BCUT2D eigenvalue weighted by Gasteiger charge is -2.10. The smallest absolute Gasteiger partial charge is 0.343 e. The van der Waals surface area contributed by atoms with Crippen molar-refractivity contribution in [2.24, 2.45) is 5.10 Å². The van der Waals surface area contributed by atoms with Crippen molar-refractivity contribution in [2.45, 2.75) is 13.3 Å².